The van der Waals surface area contributed by atoms with E-state index < -0.39 is 19.7 Å². The van der Waals surface area contributed by atoms with Crippen LogP contribution in [-0.2, 0) is 6.54 Å². The molecule has 1 rings (SSSR count). The molecule has 0 bridgehead atoms. The SMILES string of the molecule is Cl.[2H]C([2H])([2H])C([2H])(NCc1cccc(Cl)c1)C([2H])([2H])[2H]. The van der Waals surface area contributed by atoms with Gasteiger partial charge in [-0.1, -0.05) is 37.4 Å². The van der Waals surface area contributed by atoms with Crippen molar-refractivity contribution in [2.45, 2.75) is 26.3 Å². The zero-order chi connectivity index (χ0) is 14.9. The van der Waals surface area contributed by atoms with Crippen molar-refractivity contribution in [2.75, 3.05) is 0 Å². The third-order valence-electron chi connectivity index (χ3n) is 1.36. The van der Waals surface area contributed by atoms with E-state index in [1.165, 1.54) is 0 Å². The summed E-state index contributed by atoms with van der Waals surface area (Å²) in [7, 11) is 0. The van der Waals surface area contributed by atoms with Crippen LogP contribution in [0.3, 0.4) is 0 Å². The molecule has 0 aliphatic rings. The van der Waals surface area contributed by atoms with Gasteiger partial charge in [-0.2, -0.15) is 0 Å². The molecular formula is C10H15Cl2N. The van der Waals surface area contributed by atoms with Crippen molar-refractivity contribution < 1.29 is 9.60 Å². The monoisotopic (exact) mass is 226 g/mol. The first-order chi connectivity index (χ1) is 8.47. The first-order valence-corrected chi connectivity index (χ1v) is 3.85. The van der Waals surface area contributed by atoms with Gasteiger partial charge in [0.1, 0.15) is 0 Å². The second kappa shape index (κ2) is 6.25. The van der Waals surface area contributed by atoms with E-state index in [1.807, 2.05) is 0 Å². The minimum atomic E-state index is -2.98. The molecule has 0 fully saturated rings. The molecular weight excluding hydrogens is 205 g/mol. The summed E-state index contributed by atoms with van der Waals surface area (Å²) >= 11 is 5.78. The molecule has 0 heterocycles. The van der Waals surface area contributed by atoms with Crippen molar-refractivity contribution in [3.63, 3.8) is 0 Å². The lowest BCUT2D eigenvalue weighted by atomic mass is 10.2. The van der Waals surface area contributed by atoms with Gasteiger partial charge in [0.05, 0.1) is 0 Å². The second-order valence-corrected chi connectivity index (χ2v) is 2.79. The smallest absolute Gasteiger partial charge is 0.0459 e. The van der Waals surface area contributed by atoms with Gasteiger partial charge in [0.2, 0.25) is 0 Å². The molecule has 0 amide bonds. The number of hydrogen-bond acceptors (Lipinski definition) is 1. The molecule has 74 valence electrons. The van der Waals surface area contributed by atoms with Crippen molar-refractivity contribution in [3.8, 4) is 0 Å². The molecule has 0 radical (unpaired) electrons. The molecule has 0 aliphatic heterocycles. The minimum Gasteiger partial charge on any atom is -0.310 e. The van der Waals surface area contributed by atoms with Gasteiger partial charge < -0.3 is 5.32 Å². The van der Waals surface area contributed by atoms with Crippen molar-refractivity contribution in [1.82, 2.24) is 5.32 Å². The molecule has 3 heteroatoms. The average molecular weight is 227 g/mol. The molecule has 0 spiro atoms. The molecule has 1 N–H and O–H groups in total. The van der Waals surface area contributed by atoms with E-state index >= 15 is 0 Å². The number of benzene rings is 1. The Morgan fingerprint density at radius 3 is 3.00 bits per heavy atom. The van der Waals surface area contributed by atoms with Crippen molar-refractivity contribution >= 4 is 24.0 Å². The molecule has 0 saturated heterocycles. The molecule has 0 atom stereocenters. The Balaban J connectivity index is 0.00000361. The highest BCUT2D eigenvalue weighted by molar-refractivity contribution is 6.30. The van der Waals surface area contributed by atoms with Crippen molar-refractivity contribution in [1.29, 1.82) is 0 Å². The van der Waals surface area contributed by atoms with Crippen LogP contribution in [0, 0.1) is 0 Å². The molecule has 0 aliphatic carbocycles. The molecule has 13 heavy (non-hydrogen) atoms. The predicted molar refractivity (Wildman–Crippen MR) is 60.7 cm³/mol. The van der Waals surface area contributed by atoms with Gasteiger partial charge in [-0.15, -0.1) is 12.4 Å². The standard InChI is InChI=1S/C10H14ClN.ClH/c1-8(2)12-7-9-4-3-5-10(11)6-9;/h3-6,8,12H,7H2,1-2H3;1H/i1D3,2D3,8D;. The van der Waals surface area contributed by atoms with E-state index in [0.717, 1.165) is 0 Å². The van der Waals surface area contributed by atoms with E-state index in [0.29, 0.717) is 10.6 Å². The maximum absolute atomic E-state index is 7.76. The lowest BCUT2D eigenvalue weighted by molar-refractivity contribution is 0.589. The van der Waals surface area contributed by atoms with E-state index in [-0.39, 0.29) is 19.0 Å². The third kappa shape index (κ3) is 5.14. The summed E-state index contributed by atoms with van der Waals surface area (Å²) in [6, 6.07) is 3.83. The Kier molecular flexibility index (Phi) is 2.41. The van der Waals surface area contributed by atoms with Gasteiger partial charge in [-0.3, -0.25) is 0 Å². The summed E-state index contributed by atoms with van der Waals surface area (Å²) in [5, 5.41) is 2.76. The zero-order valence-electron chi connectivity index (χ0n) is 13.8. The van der Waals surface area contributed by atoms with Gasteiger partial charge in [0.15, 0.2) is 0 Å². The van der Waals surface area contributed by atoms with Crippen LogP contribution in [0.2, 0.25) is 5.02 Å². The number of nitrogens with one attached hydrogen (secondary N) is 1. The Bertz CT molecular complexity index is 430. The van der Waals surface area contributed by atoms with E-state index in [9.17, 15) is 0 Å². The Morgan fingerprint density at radius 1 is 1.62 bits per heavy atom. The van der Waals surface area contributed by atoms with Crippen LogP contribution in [0.25, 0.3) is 0 Å². The number of hydrogen-bond donors (Lipinski definition) is 1. The van der Waals surface area contributed by atoms with Crippen LogP contribution in [0.1, 0.15) is 28.9 Å². The highest BCUT2D eigenvalue weighted by atomic mass is 35.5. The van der Waals surface area contributed by atoms with Crippen LogP contribution in [0.5, 0.6) is 0 Å². The Morgan fingerprint density at radius 2 is 2.38 bits per heavy atom. The molecule has 1 aromatic rings. The maximum atomic E-state index is 7.76. The molecule has 1 aromatic carbocycles. The largest absolute Gasteiger partial charge is 0.310 e. The van der Waals surface area contributed by atoms with Gasteiger partial charge in [0, 0.05) is 27.2 Å². The van der Waals surface area contributed by atoms with Gasteiger partial charge in [-0.05, 0) is 17.7 Å². The van der Waals surface area contributed by atoms with E-state index in [4.69, 9.17) is 21.2 Å². The van der Waals surface area contributed by atoms with Gasteiger partial charge >= 0.3 is 0 Å². The van der Waals surface area contributed by atoms with E-state index in [2.05, 4.69) is 5.32 Å². The molecule has 0 unspecified atom stereocenters. The normalized spacial score (nSPS) is 20.5. The highest BCUT2D eigenvalue weighted by Gasteiger charge is 1.95. The summed E-state index contributed by atoms with van der Waals surface area (Å²) in [6.07, 6.45) is 0. The molecule has 0 aromatic heterocycles. The van der Waals surface area contributed by atoms with Crippen LogP contribution < -0.4 is 5.32 Å². The summed E-state index contributed by atoms with van der Waals surface area (Å²) in [5.74, 6) is 0. The maximum Gasteiger partial charge on any atom is 0.0459 e. The Hall–Kier alpha value is -0.240. The van der Waals surface area contributed by atoms with E-state index in [1.54, 1.807) is 24.3 Å². The number of halogens is 2. The number of rotatable bonds is 3. The van der Waals surface area contributed by atoms with Gasteiger partial charge in [-0.25, -0.2) is 0 Å². The second-order valence-electron chi connectivity index (χ2n) is 2.36. The summed E-state index contributed by atoms with van der Waals surface area (Å²) in [6.45, 7) is -6.02. The predicted octanol–water partition coefficient (Wildman–Crippen LogP) is 3.26. The summed E-state index contributed by atoms with van der Waals surface area (Å²) < 4.78 is 51.2. The first kappa shape index (κ1) is 5.01. The van der Waals surface area contributed by atoms with Gasteiger partial charge in [0.25, 0.3) is 0 Å². The Labute approximate surface area is 101 Å². The lowest BCUT2D eigenvalue weighted by Crippen LogP contribution is -2.21. The topological polar surface area (TPSA) is 12.0 Å². The molecule has 0 saturated carbocycles. The fourth-order valence-electron chi connectivity index (χ4n) is 0.837. The first-order valence-electron chi connectivity index (χ1n) is 6.97. The molecule has 1 nitrogen and oxygen atoms in total. The van der Waals surface area contributed by atoms with Crippen LogP contribution in [0.15, 0.2) is 24.3 Å². The lowest BCUT2D eigenvalue weighted by Gasteiger charge is -2.07. The quantitative estimate of drug-likeness (QED) is 0.835. The minimum absolute atomic E-state index is 0. The highest BCUT2D eigenvalue weighted by Crippen LogP contribution is 2.10. The van der Waals surface area contributed by atoms with Crippen LogP contribution in [-0.4, -0.2) is 6.02 Å². The van der Waals surface area contributed by atoms with Crippen LogP contribution >= 0.6 is 24.0 Å². The fraction of sp³-hybridized carbons (Fsp3) is 0.400. The van der Waals surface area contributed by atoms with Crippen molar-refractivity contribution in [2.24, 2.45) is 0 Å². The summed E-state index contributed by atoms with van der Waals surface area (Å²) in [4.78, 5) is 0. The zero-order valence-corrected chi connectivity index (χ0v) is 8.38. The van der Waals surface area contributed by atoms with Crippen molar-refractivity contribution in [3.05, 3.63) is 34.9 Å². The average Bonchev–Trinajstić information content (AvgIpc) is 2.22. The fourth-order valence-corrected chi connectivity index (χ4v) is 1.05. The summed E-state index contributed by atoms with van der Waals surface area (Å²) in [5.41, 5.74) is 0.609. The third-order valence-corrected chi connectivity index (χ3v) is 1.59. The van der Waals surface area contributed by atoms with Crippen LogP contribution in [0.4, 0.5) is 0 Å².